The van der Waals surface area contributed by atoms with Gasteiger partial charge in [-0.1, -0.05) is 42.5 Å². The molecule has 0 unspecified atom stereocenters. The second kappa shape index (κ2) is 13.5. The Morgan fingerprint density at radius 3 is 2.52 bits per heavy atom. The summed E-state index contributed by atoms with van der Waals surface area (Å²) in [5.74, 6) is 1.42. The molecule has 3 heterocycles. The Labute approximate surface area is 260 Å². The molecule has 8 heteroatoms. The van der Waals surface area contributed by atoms with Crippen LogP contribution >= 0.6 is 0 Å². The summed E-state index contributed by atoms with van der Waals surface area (Å²) in [6, 6.07) is 16.5. The zero-order chi connectivity index (χ0) is 31.3. The quantitative estimate of drug-likeness (QED) is 0.100. The molecule has 8 nitrogen and oxygen atoms in total. The van der Waals surface area contributed by atoms with Crippen LogP contribution in [-0.2, 0) is 20.7 Å². The number of esters is 1. The van der Waals surface area contributed by atoms with Crippen molar-refractivity contribution in [2.75, 3.05) is 38.3 Å². The molecule has 0 atom stereocenters. The van der Waals surface area contributed by atoms with Crippen LogP contribution in [0.1, 0.15) is 43.0 Å². The minimum absolute atomic E-state index is 0.119. The summed E-state index contributed by atoms with van der Waals surface area (Å²) in [6.45, 7) is 16.4. The third-order valence-corrected chi connectivity index (χ3v) is 8.36. The number of aryl methyl sites for hydroxylation is 2. The topological polar surface area (TPSA) is 78.2 Å². The fourth-order valence-corrected chi connectivity index (χ4v) is 5.84. The van der Waals surface area contributed by atoms with Crippen LogP contribution in [0.5, 0.6) is 5.75 Å². The first-order valence-corrected chi connectivity index (χ1v) is 15.2. The van der Waals surface area contributed by atoms with E-state index in [-0.39, 0.29) is 18.0 Å². The second-order valence-corrected chi connectivity index (χ2v) is 11.5. The van der Waals surface area contributed by atoms with Crippen molar-refractivity contribution in [2.45, 2.75) is 52.1 Å². The second-order valence-electron chi connectivity index (χ2n) is 11.5. The first-order valence-electron chi connectivity index (χ1n) is 15.2. The first kappa shape index (κ1) is 31.0. The summed E-state index contributed by atoms with van der Waals surface area (Å²) < 4.78 is 19.2. The van der Waals surface area contributed by atoms with Gasteiger partial charge in [-0.2, -0.15) is 9.61 Å². The lowest BCUT2D eigenvalue weighted by Gasteiger charge is -2.40. The van der Waals surface area contributed by atoms with Crippen molar-refractivity contribution in [1.82, 2.24) is 14.6 Å². The number of carbonyl (C=O) groups is 1. The van der Waals surface area contributed by atoms with Crippen LogP contribution in [0.4, 0.5) is 5.82 Å². The van der Waals surface area contributed by atoms with E-state index in [4.69, 9.17) is 24.3 Å². The molecule has 0 amide bonds. The molecule has 0 bridgehead atoms. The number of carbonyl (C=O) groups excluding carboxylic acids is 1. The fraction of sp³-hybridized carbons (Fsp3) is 0.361. The minimum Gasteiger partial charge on any atom is -0.493 e. The van der Waals surface area contributed by atoms with Crippen molar-refractivity contribution in [3.8, 4) is 28.1 Å². The number of methoxy groups -OCH3 is 1. The average Bonchev–Trinajstić information content (AvgIpc) is 3.45. The van der Waals surface area contributed by atoms with Gasteiger partial charge in [0.15, 0.2) is 5.65 Å². The SMILES string of the molecule is C=CCCOc1cccc(C)c1-c1cccc(-c2cc3nc(C)c(CC(=O)OC)c(N4CCC(C)(OCC=C)CC4)n3n2)c1. The lowest BCUT2D eigenvalue weighted by molar-refractivity contribution is -0.139. The molecular weight excluding hydrogens is 552 g/mol. The highest BCUT2D eigenvalue weighted by atomic mass is 16.5. The van der Waals surface area contributed by atoms with Gasteiger partial charge in [0.1, 0.15) is 11.6 Å². The molecule has 2 aromatic carbocycles. The standard InChI is InChI=1S/C36H42N4O4/c1-7-9-21-43-31-15-10-12-25(3)34(31)28-14-11-13-27(22-28)30-24-32-37-26(4)29(23-33(41)42-6)35(40(32)38-30)39-18-16-36(5,17-19-39)44-20-8-2/h7-8,10-15,22,24H,1-2,9,16-21,23H2,3-6H3. The van der Waals surface area contributed by atoms with E-state index in [1.165, 1.54) is 7.11 Å². The maximum atomic E-state index is 12.5. The van der Waals surface area contributed by atoms with Crippen molar-refractivity contribution in [3.63, 3.8) is 0 Å². The smallest absolute Gasteiger partial charge is 0.310 e. The van der Waals surface area contributed by atoms with E-state index in [1.807, 2.05) is 41.8 Å². The van der Waals surface area contributed by atoms with Crippen molar-refractivity contribution in [3.05, 3.63) is 90.7 Å². The highest BCUT2D eigenvalue weighted by Gasteiger charge is 2.33. The molecule has 0 spiro atoms. The summed E-state index contributed by atoms with van der Waals surface area (Å²) in [5, 5.41) is 5.09. The van der Waals surface area contributed by atoms with Crippen molar-refractivity contribution in [2.24, 2.45) is 0 Å². The van der Waals surface area contributed by atoms with E-state index in [9.17, 15) is 4.79 Å². The van der Waals surface area contributed by atoms with Gasteiger partial charge in [-0.25, -0.2) is 4.98 Å². The van der Waals surface area contributed by atoms with Crippen LogP contribution in [0.15, 0.2) is 73.8 Å². The van der Waals surface area contributed by atoms with Crippen LogP contribution in [-0.4, -0.2) is 59.6 Å². The Morgan fingerprint density at radius 1 is 1.05 bits per heavy atom. The van der Waals surface area contributed by atoms with Gasteiger partial charge in [-0.05, 0) is 63.3 Å². The molecule has 0 aliphatic carbocycles. The number of benzene rings is 2. The Hall–Kier alpha value is -4.43. The molecule has 230 valence electrons. The third-order valence-electron chi connectivity index (χ3n) is 8.36. The van der Waals surface area contributed by atoms with Gasteiger partial charge in [0, 0.05) is 41.5 Å². The monoisotopic (exact) mass is 594 g/mol. The van der Waals surface area contributed by atoms with E-state index in [2.05, 4.69) is 56.2 Å². The van der Waals surface area contributed by atoms with Crippen LogP contribution in [0.3, 0.4) is 0 Å². The maximum Gasteiger partial charge on any atom is 0.310 e. The zero-order valence-corrected chi connectivity index (χ0v) is 26.3. The number of anilines is 1. The molecule has 0 N–H and O–H groups in total. The Balaban J connectivity index is 1.56. The van der Waals surface area contributed by atoms with E-state index in [1.54, 1.807) is 6.08 Å². The first-order chi connectivity index (χ1) is 21.3. The maximum absolute atomic E-state index is 12.5. The number of fused-ring (bicyclic) bond motifs is 1. The summed E-state index contributed by atoms with van der Waals surface area (Å²) >= 11 is 0. The third kappa shape index (κ3) is 6.55. The largest absolute Gasteiger partial charge is 0.493 e. The molecular formula is C36H42N4O4. The summed E-state index contributed by atoms with van der Waals surface area (Å²) in [6.07, 6.45) is 6.22. The van der Waals surface area contributed by atoms with Crippen LogP contribution in [0.25, 0.3) is 28.0 Å². The molecule has 1 saturated heterocycles. The molecule has 1 aliphatic rings. The van der Waals surface area contributed by atoms with Crippen molar-refractivity contribution < 1.29 is 19.0 Å². The number of nitrogens with zero attached hydrogens (tertiary/aromatic N) is 4. The Bertz CT molecular complexity index is 1670. The van der Waals surface area contributed by atoms with Crippen molar-refractivity contribution in [1.29, 1.82) is 0 Å². The summed E-state index contributed by atoms with van der Waals surface area (Å²) in [7, 11) is 1.41. The van der Waals surface area contributed by atoms with Crippen LogP contribution in [0.2, 0.25) is 0 Å². The average molecular weight is 595 g/mol. The molecule has 1 fully saturated rings. The van der Waals surface area contributed by atoms with Crippen LogP contribution < -0.4 is 9.64 Å². The van der Waals surface area contributed by atoms with E-state index in [0.717, 1.165) is 88.8 Å². The van der Waals surface area contributed by atoms with Crippen molar-refractivity contribution >= 4 is 17.4 Å². The van der Waals surface area contributed by atoms with E-state index in [0.29, 0.717) is 13.2 Å². The number of aromatic nitrogens is 3. The van der Waals surface area contributed by atoms with Gasteiger partial charge in [0.05, 0.1) is 38.0 Å². The normalized spacial score (nSPS) is 14.4. The predicted molar refractivity (Wildman–Crippen MR) is 175 cm³/mol. The fourth-order valence-electron chi connectivity index (χ4n) is 5.84. The summed E-state index contributed by atoms with van der Waals surface area (Å²) in [4.78, 5) is 19.7. The number of hydrogen-bond donors (Lipinski definition) is 0. The molecule has 1 aliphatic heterocycles. The lowest BCUT2D eigenvalue weighted by Crippen LogP contribution is -2.45. The number of piperidine rings is 1. The molecule has 5 rings (SSSR count). The number of ether oxygens (including phenoxy) is 3. The zero-order valence-electron chi connectivity index (χ0n) is 26.3. The minimum atomic E-state index is -0.309. The molecule has 0 radical (unpaired) electrons. The van der Waals surface area contributed by atoms with Gasteiger partial charge < -0.3 is 19.1 Å². The van der Waals surface area contributed by atoms with Gasteiger partial charge in [-0.3, -0.25) is 4.79 Å². The number of rotatable bonds is 12. The molecule has 44 heavy (non-hydrogen) atoms. The van der Waals surface area contributed by atoms with Gasteiger partial charge in [0.25, 0.3) is 0 Å². The highest BCUT2D eigenvalue weighted by molar-refractivity contribution is 5.79. The highest BCUT2D eigenvalue weighted by Crippen LogP contribution is 2.37. The molecule has 2 aromatic heterocycles. The predicted octanol–water partition coefficient (Wildman–Crippen LogP) is 6.91. The Kier molecular flexibility index (Phi) is 9.49. The van der Waals surface area contributed by atoms with Crippen LogP contribution in [0, 0.1) is 13.8 Å². The van der Waals surface area contributed by atoms with Gasteiger partial charge in [-0.15, -0.1) is 13.2 Å². The van der Waals surface area contributed by atoms with Gasteiger partial charge in [0.2, 0.25) is 0 Å². The number of hydrogen-bond acceptors (Lipinski definition) is 7. The lowest BCUT2D eigenvalue weighted by atomic mass is 9.93. The van der Waals surface area contributed by atoms with Gasteiger partial charge >= 0.3 is 5.97 Å². The Morgan fingerprint density at radius 2 is 1.80 bits per heavy atom. The molecule has 0 saturated carbocycles. The van der Waals surface area contributed by atoms with E-state index < -0.39 is 0 Å². The molecule has 4 aromatic rings. The van der Waals surface area contributed by atoms with E-state index >= 15 is 0 Å². The summed E-state index contributed by atoms with van der Waals surface area (Å²) in [5.41, 5.74) is 7.13.